The molecule has 0 aromatic carbocycles. The van der Waals surface area contributed by atoms with Gasteiger partial charge in [-0.2, -0.15) is 0 Å². The lowest BCUT2D eigenvalue weighted by atomic mass is 9.96. The Morgan fingerprint density at radius 3 is 2.95 bits per heavy atom. The Hall–Kier alpha value is -1.34. The molecule has 1 atom stereocenters. The summed E-state index contributed by atoms with van der Waals surface area (Å²) in [5.41, 5.74) is 1.67. The van der Waals surface area contributed by atoms with Crippen LogP contribution in [0.15, 0.2) is 40.5 Å². The van der Waals surface area contributed by atoms with Gasteiger partial charge in [0.2, 0.25) is 10.0 Å². The molecule has 0 fully saturated rings. The number of sulfonamides is 1. The molecule has 1 aromatic rings. The third-order valence-corrected chi connectivity index (χ3v) is 6.90. The van der Waals surface area contributed by atoms with Gasteiger partial charge in [-0.25, -0.2) is 13.4 Å². The molecular weight excluding hydrogens is 366 g/mol. The molecule has 0 amide bonds. The summed E-state index contributed by atoms with van der Waals surface area (Å²) in [6, 6.07) is 1.80. The maximum atomic E-state index is 13.3. The Kier molecular flexibility index (Phi) is 3.81. The van der Waals surface area contributed by atoms with E-state index in [-0.39, 0.29) is 0 Å². The van der Waals surface area contributed by atoms with E-state index in [2.05, 4.69) is 26.2 Å². The van der Waals surface area contributed by atoms with Crippen molar-refractivity contribution in [1.29, 1.82) is 0 Å². The molecule has 1 aliphatic heterocycles. The van der Waals surface area contributed by atoms with Crippen molar-refractivity contribution in [3.8, 4) is 0 Å². The third-order valence-electron chi connectivity index (χ3n) is 4.05. The topological polar surface area (TPSA) is 62.3 Å². The first-order valence-corrected chi connectivity index (χ1v) is 9.33. The van der Waals surface area contributed by atoms with Gasteiger partial charge in [0.1, 0.15) is 4.75 Å². The van der Waals surface area contributed by atoms with Crippen molar-refractivity contribution in [2.45, 2.75) is 25.0 Å². The minimum absolute atomic E-state index is 0.402. The first-order chi connectivity index (χ1) is 10.3. The summed E-state index contributed by atoms with van der Waals surface area (Å²) in [6.07, 6.45) is 7.74. The van der Waals surface area contributed by atoms with Crippen LogP contribution in [-0.2, 0) is 10.0 Å². The van der Waals surface area contributed by atoms with Gasteiger partial charge in [-0.1, -0.05) is 23.8 Å². The maximum absolute atomic E-state index is 13.3. The number of halogens is 1. The maximum Gasteiger partial charge on any atom is 0.244 e. The molecule has 0 saturated carbocycles. The van der Waals surface area contributed by atoms with Crippen molar-refractivity contribution in [1.82, 2.24) is 4.98 Å². The lowest BCUT2D eigenvalue weighted by molar-refractivity contribution is 0.553. The molecule has 0 bridgehead atoms. The van der Waals surface area contributed by atoms with Gasteiger partial charge in [-0.3, -0.25) is 4.31 Å². The van der Waals surface area contributed by atoms with E-state index in [1.54, 1.807) is 25.3 Å². The van der Waals surface area contributed by atoms with Crippen molar-refractivity contribution >= 4 is 37.5 Å². The van der Waals surface area contributed by atoms with Gasteiger partial charge >= 0.3 is 0 Å². The molecule has 118 valence electrons. The Labute approximate surface area is 139 Å². The minimum Gasteiger partial charge on any atom is -0.367 e. The van der Waals surface area contributed by atoms with E-state index < -0.39 is 14.8 Å². The molecule has 0 radical (unpaired) electrons. The molecule has 0 unspecified atom stereocenters. The molecule has 3 rings (SSSR count). The van der Waals surface area contributed by atoms with E-state index in [0.29, 0.717) is 31.0 Å². The van der Waals surface area contributed by atoms with Crippen LogP contribution in [0.4, 0.5) is 11.5 Å². The quantitative estimate of drug-likeness (QED) is 0.852. The van der Waals surface area contributed by atoms with Crippen LogP contribution in [0.2, 0.25) is 0 Å². The smallest absolute Gasteiger partial charge is 0.244 e. The summed E-state index contributed by atoms with van der Waals surface area (Å²) < 4.78 is 27.8. The highest BCUT2D eigenvalue weighted by Crippen LogP contribution is 2.39. The van der Waals surface area contributed by atoms with Crippen LogP contribution >= 0.6 is 15.9 Å². The van der Waals surface area contributed by atoms with Crippen LogP contribution in [-0.4, -0.2) is 31.2 Å². The number of pyridine rings is 1. The number of allylic oxidation sites excluding steroid dienone is 3. The average molecular weight is 384 g/mol. The number of anilines is 2. The van der Waals surface area contributed by atoms with Gasteiger partial charge in [0, 0.05) is 17.2 Å². The summed E-state index contributed by atoms with van der Waals surface area (Å²) in [6.45, 7) is 4.69. The number of nitrogens with one attached hydrogen (secondary N) is 1. The van der Waals surface area contributed by atoms with Gasteiger partial charge in [-0.15, -0.1) is 0 Å². The standard InChI is InChI=1S/C15H18BrN3O2S/c1-11-4-3-5-15(2,9-11)22(20,21)19-7-6-17-14-13(19)8-12(16)10-18-14/h3-5,8,10H,6-7,9H2,1-2H3,(H,17,18)/t15-/m1/s1. The highest BCUT2D eigenvalue weighted by molar-refractivity contribution is 9.10. The van der Waals surface area contributed by atoms with Gasteiger partial charge in [-0.05, 0) is 42.3 Å². The molecule has 0 saturated heterocycles. The Balaban J connectivity index is 2.07. The van der Waals surface area contributed by atoms with E-state index in [4.69, 9.17) is 0 Å². The number of fused-ring (bicyclic) bond motifs is 1. The molecule has 0 spiro atoms. The Bertz CT molecular complexity index is 773. The molecule has 2 heterocycles. The zero-order valence-electron chi connectivity index (χ0n) is 12.5. The fourth-order valence-electron chi connectivity index (χ4n) is 2.92. The molecule has 1 aromatic heterocycles. The summed E-state index contributed by atoms with van der Waals surface area (Å²) in [4.78, 5) is 4.27. The zero-order valence-corrected chi connectivity index (χ0v) is 14.9. The zero-order chi connectivity index (χ0) is 16.0. The van der Waals surface area contributed by atoms with Gasteiger partial charge in [0.15, 0.2) is 5.82 Å². The minimum atomic E-state index is -3.54. The number of hydrogen-bond donors (Lipinski definition) is 1. The SMILES string of the molecule is CC1=CC=C[C@@](C)(S(=O)(=O)N2CCNc3ncc(Br)cc32)C1. The highest BCUT2D eigenvalue weighted by atomic mass is 79.9. The van der Waals surface area contributed by atoms with Crippen molar-refractivity contribution in [2.75, 3.05) is 22.7 Å². The van der Waals surface area contributed by atoms with E-state index in [1.807, 2.05) is 19.1 Å². The molecule has 1 aliphatic carbocycles. The van der Waals surface area contributed by atoms with E-state index >= 15 is 0 Å². The summed E-state index contributed by atoms with van der Waals surface area (Å²) >= 11 is 3.37. The first kappa shape index (κ1) is 15.6. The summed E-state index contributed by atoms with van der Waals surface area (Å²) in [5.74, 6) is 0.605. The van der Waals surface area contributed by atoms with Crippen LogP contribution in [0.3, 0.4) is 0 Å². The van der Waals surface area contributed by atoms with Crippen LogP contribution in [0.25, 0.3) is 0 Å². The number of nitrogens with zero attached hydrogens (tertiary/aromatic N) is 2. The van der Waals surface area contributed by atoms with Crippen LogP contribution < -0.4 is 9.62 Å². The van der Waals surface area contributed by atoms with Gasteiger partial charge < -0.3 is 5.32 Å². The number of rotatable bonds is 2. The van der Waals surface area contributed by atoms with Gasteiger partial charge in [0.25, 0.3) is 0 Å². The second-order valence-electron chi connectivity index (χ2n) is 5.89. The molecule has 1 N–H and O–H groups in total. The number of hydrogen-bond acceptors (Lipinski definition) is 4. The molecule has 2 aliphatic rings. The molecule has 5 nitrogen and oxygen atoms in total. The lowest BCUT2D eigenvalue weighted by Crippen LogP contribution is -2.49. The Morgan fingerprint density at radius 1 is 1.45 bits per heavy atom. The van der Waals surface area contributed by atoms with Crippen LogP contribution in [0, 0.1) is 0 Å². The second-order valence-corrected chi connectivity index (χ2v) is 9.13. The fraction of sp³-hybridized carbons (Fsp3) is 0.400. The van der Waals surface area contributed by atoms with E-state index in [0.717, 1.165) is 10.0 Å². The van der Waals surface area contributed by atoms with E-state index in [9.17, 15) is 8.42 Å². The van der Waals surface area contributed by atoms with Crippen LogP contribution in [0.1, 0.15) is 20.3 Å². The van der Waals surface area contributed by atoms with Crippen molar-refractivity contribution < 1.29 is 8.42 Å². The van der Waals surface area contributed by atoms with Crippen molar-refractivity contribution in [3.05, 3.63) is 40.5 Å². The normalized spacial score (nSPS) is 24.5. The predicted molar refractivity (Wildman–Crippen MR) is 92.6 cm³/mol. The third kappa shape index (κ3) is 2.46. The van der Waals surface area contributed by atoms with Crippen molar-refractivity contribution in [3.63, 3.8) is 0 Å². The predicted octanol–water partition coefficient (Wildman–Crippen LogP) is 3.07. The summed E-state index contributed by atoms with van der Waals surface area (Å²) in [7, 11) is -3.54. The molecular formula is C15H18BrN3O2S. The van der Waals surface area contributed by atoms with E-state index in [1.165, 1.54) is 4.31 Å². The number of aromatic nitrogens is 1. The van der Waals surface area contributed by atoms with Gasteiger partial charge in [0.05, 0.1) is 12.2 Å². The monoisotopic (exact) mass is 383 g/mol. The fourth-order valence-corrected chi connectivity index (χ4v) is 5.13. The van der Waals surface area contributed by atoms with Crippen molar-refractivity contribution in [2.24, 2.45) is 0 Å². The highest BCUT2D eigenvalue weighted by Gasteiger charge is 2.43. The average Bonchev–Trinajstić information content (AvgIpc) is 2.46. The largest absolute Gasteiger partial charge is 0.367 e. The molecule has 7 heteroatoms. The first-order valence-electron chi connectivity index (χ1n) is 7.10. The van der Waals surface area contributed by atoms with Crippen LogP contribution in [0.5, 0.6) is 0 Å². The summed E-state index contributed by atoms with van der Waals surface area (Å²) in [5, 5.41) is 3.15. The lowest BCUT2D eigenvalue weighted by Gasteiger charge is -2.38. The second kappa shape index (κ2) is 5.38. The molecule has 22 heavy (non-hydrogen) atoms. The Morgan fingerprint density at radius 2 is 2.23 bits per heavy atom.